The normalized spacial score (nSPS) is 12.0. The summed E-state index contributed by atoms with van der Waals surface area (Å²) in [6, 6.07) is 18.4. The van der Waals surface area contributed by atoms with Crippen LogP contribution < -0.4 is 11.3 Å². The highest BCUT2D eigenvalue weighted by molar-refractivity contribution is 6.20. The lowest BCUT2D eigenvalue weighted by atomic mass is 9.92. The predicted molar refractivity (Wildman–Crippen MR) is 148 cm³/mol. The third-order valence-corrected chi connectivity index (χ3v) is 7.05. The first-order chi connectivity index (χ1) is 18.1. The van der Waals surface area contributed by atoms with Gasteiger partial charge in [0.15, 0.2) is 0 Å². The van der Waals surface area contributed by atoms with Crippen molar-refractivity contribution in [3.8, 4) is 16.8 Å². The summed E-state index contributed by atoms with van der Waals surface area (Å²) in [5, 5.41) is 12.7. The van der Waals surface area contributed by atoms with Gasteiger partial charge in [-0.1, -0.05) is 30.3 Å². The van der Waals surface area contributed by atoms with Crippen LogP contribution in [0.4, 0.5) is 0 Å². The summed E-state index contributed by atoms with van der Waals surface area (Å²) in [7, 11) is 0. The number of primary amides is 1. The highest BCUT2D eigenvalue weighted by atomic mass is 16.3. The molecule has 0 aliphatic carbocycles. The van der Waals surface area contributed by atoms with Gasteiger partial charge in [0.05, 0.1) is 45.1 Å². The Labute approximate surface area is 217 Å². The smallest absolute Gasteiger partial charge is 0.265 e. The maximum Gasteiger partial charge on any atom is 0.265 e. The molecule has 0 spiro atoms. The van der Waals surface area contributed by atoms with Crippen LogP contribution in [0.5, 0.6) is 0 Å². The van der Waals surface area contributed by atoms with Crippen molar-refractivity contribution in [2.75, 3.05) is 0 Å². The van der Waals surface area contributed by atoms with Crippen molar-refractivity contribution in [1.29, 1.82) is 0 Å². The molecule has 0 aliphatic rings. The maximum atomic E-state index is 13.4. The van der Waals surface area contributed by atoms with Crippen molar-refractivity contribution < 1.29 is 9.90 Å². The van der Waals surface area contributed by atoms with E-state index in [9.17, 15) is 14.7 Å². The molecule has 8 heteroatoms. The van der Waals surface area contributed by atoms with Gasteiger partial charge < -0.3 is 15.8 Å². The van der Waals surface area contributed by atoms with Gasteiger partial charge in [-0.05, 0) is 67.8 Å². The minimum Gasteiger partial charge on any atom is -0.384 e. The number of pyridine rings is 1. The van der Waals surface area contributed by atoms with E-state index < -0.39 is 11.5 Å². The van der Waals surface area contributed by atoms with Gasteiger partial charge >= 0.3 is 0 Å². The second-order valence-corrected chi connectivity index (χ2v) is 9.96. The van der Waals surface area contributed by atoms with Crippen molar-refractivity contribution in [2.45, 2.75) is 26.4 Å². The van der Waals surface area contributed by atoms with E-state index in [4.69, 9.17) is 5.73 Å². The van der Waals surface area contributed by atoms with Crippen LogP contribution in [0.3, 0.4) is 0 Å². The van der Waals surface area contributed by atoms with Crippen molar-refractivity contribution >= 4 is 38.6 Å². The molecular weight excluding hydrogens is 478 g/mol. The van der Waals surface area contributed by atoms with Gasteiger partial charge in [-0.2, -0.15) is 0 Å². The van der Waals surface area contributed by atoms with E-state index in [1.807, 2.05) is 55.5 Å². The average molecular weight is 504 g/mol. The first kappa shape index (κ1) is 23.6. The third-order valence-electron chi connectivity index (χ3n) is 7.05. The summed E-state index contributed by atoms with van der Waals surface area (Å²) in [6.07, 6.45) is 3.20. The van der Waals surface area contributed by atoms with Gasteiger partial charge in [-0.3, -0.25) is 19.1 Å². The molecule has 0 bridgehead atoms. The van der Waals surface area contributed by atoms with Crippen molar-refractivity contribution in [3.63, 3.8) is 0 Å². The highest BCUT2D eigenvalue weighted by Gasteiger charge is 2.22. The van der Waals surface area contributed by atoms with Crippen molar-refractivity contribution in [2.24, 2.45) is 5.73 Å². The Kier molecular flexibility index (Phi) is 5.18. The zero-order valence-corrected chi connectivity index (χ0v) is 21.1. The number of hydrogen-bond donors (Lipinski definition) is 3. The van der Waals surface area contributed by atoms with Gasteiger partial charge in [-0.15, -0.1) is 0 Å². The molecule has 38 heavy (non-hydrogen) atoms. The minimum atomic E-state index is -1.15. The fraction of sp³-hybridized carbons (Fsp3) is 0.133. The number of para-hydroxylation sites is 1. The fourth-order valence-electron chi connectivity index (χ4n) is 5.09. The molecule has 8 nitrogen and oxygen atoms in total. The van der Waals surface area contributed by atoms with E-state index in [0.717, 1.165) is 27.5 Å². The van der Waals surface area contributed by atoms with Crippen LogP contribution in [0.25, 0.3) is 49.5 Å². The Morgan fingerprint density at radius 2 is 1.79 bits per heavy atom. The molecule has 0 fully saturated rings. The van der Waals surface area contributed by atoms with Crippen molar-refractivity contribution in [3.05, 3.63) is 100 Å². The first-order valence-electron chi connectivity index (χ1n) is 12.2. The largest absolute Gasteiger partial charge is 0.384 e. The Morgan fingerprint density at radius 3 is 2.55 bits per heavy atom. The summed E-state index contributed by atoms with van der Waals surface area (Å²) < 4.78 is 1.56. The third kappa shape index (κ3) is 3.57. The molecule has 3 aromatic heterocycles. The number of rotatable bonds is 4. The number of amides is 1. The van der Waals surface area contributed by atoms with Crippen LogP contribution in [-0.2, 0) is 5.60 Å². The van der Waals surface area contributed by atoms with Crippen LogP contribution in [0, 0.1) is 6.92 Å². The Bertz CT molecular complexity index is 1980. The number of benzene rings is 3. The number of fused-ring (bicyclic) bond motifs is 4. The molecule has 6 rings (SSSR count). The van der Waals surface area contributed by atoms with Crippen LogP contribution in [0.15, 0.2) is 78.0 Å². The van der Waals surface area contributed by atoms with Crippen LogP contribution >= 0.6 is 0 Å². The fourth-order valence-corrected chi connectivity index (χ4v) is 5.09. The summed E-state index contributed by atoms with van der Waals surface area (Å²) in [4.78, 5) is 37.9. The highest BCUT2D eigenvalue weighted by Crippen LogP contribution is 2.39. The maximum absolute atomic E-state index is 13.4. The zero-order valence-electron chi connectivity index (χ0n) is 21.1. The molecule has 3 heterocycles. The molecule has 188 valence electrons. The van der Waals surface area contributed by atoms with Gasteiger partial charge in [0.1, 0.15) is 11.9 Å². The number of aromatic amines is 1. The van der Waals surface area contributed by atoms with E-state index in [-0.39, 0.29) is 5.56 Å². The lowest BCUT2D eigenvalue weighted by Crippen LogP contribution is -2.19. The molecule has 3 aromatic carbocycles. The van der Waals surface area contributed by atoms with E-state index in [1.165, 1.54) is 0 Å². The standard InChI is InChI=1S/C30H25N5O3/c1-16-17(8-6-10-24(16)35-15-33-22-9-5-4-7-19(22)29(35)37)18-11-12-20(28(31)36)27-26(18)21-13-25(30(2,3)38)32-14-23(21)34-27/h4-15,34,38H,1-3H3,(H2,31,36). The van der Waals surface area contributed by atoms with Gasteiger partial charge in [0.2, 0.25) is 0 Å². The van der Waals surface area contributed by atoms with Crippen molar-refractivity contribution in [1.82, 2.24) is 19.5 Å². The van der Waals surface area contributed by atoms with Crippen LogP contribution in [-0.4, -0.2) is 30.5 Å². The number of nitrogens with two attached hydrogens (primary N) is 1. The number of hydrogen-bond acceptors (Lipinski definition) is 5. The molecule has 4 N–H and O–H groups in total. The number of carbonyl (C=O) groups is 1. The topological polar surface area (TPSA) is 127 Å². The lowest BCUT2D eigenvalue weighted by molar-refractivity contribution is 0.0740. The Morgan fingerprint density at radius 1 is 1.00 bits per heavy atom. The number of aliphatic hydroxyl groups is 1. The van der Waals surface area contributed by atoms with Crippen LogP contribution in [0.2, 0.25) is 0 Å². The van der Waals surface area contributed by atoms with E-state index >= 15 is 0 Å². The molecule has 0 aliphatic heterocycles. The molecular formula is C30H25N5O3. The Balaban J connectivity index is 1.66. The number of H-pyrrole nitrogens is 1. The average Bonchev–Trinajstić information content (AvgIpc) is 3.27. The summed E-state index contributed by atoms with van der Waals surface area (Å²) in [5.74, 6) is -0.553. The molecule has 0 radical (unpaired) electrons. The predicted octanol–water partition coefficient (Wildman–Crippen LogP) is 4.72. The summed E-state index contributed by atoms with van der Waals surface area (Å²) in [5.41, 5.74) is 10.5. The summed E-state index contributed by atoms with van der Waals surface area (Å²) in [6.45, 7) is 5.31. The van der Waals surface area contributed by atoms with E-state index in [1.54, 1.807) is 43.1 Å². The molecule has 0 unspecified atom stereocenters. The molecule has 0 saturated carbocycles. The van der Waals surface area contributed by atoms with Gasteiger partial charge in [-0.25, -0.2) is 4.98 Å². The molecule has 1 amide bonds. The second-order valence-electron chi connectivity index (χ2n) is 9.96. The second kappa shape index (κ2) is 8.36. The molecule has 0 saturated heterocycles. The molecule has 6 aromatic rings. The first-order valence-corrected chi connectivity index (χ1v) is 12.2. The zero-order chi connectivity index (χ0) is 26.8. The number of carbonyl (C=O) groups excluding carboxylic acids is 1. The lowest BCUT2D eigenvalue weighted by Gasteiger charge is -2.17. The summed E-state index contributed by atoms with van der Waals surface area (Å²) >= 11 is 0. The minimum absolute atomic E-state index is 0.155. The van der Waals surface area contributed by atoms with E-state index in [0.29, 0.717) is 38.9 Å². The van der Waals surface area contributed by atoms with E-state index in [2.05, 4.69) is 15.0 Å². The van der Waals surface area contributed by atoms with Gasteiger partial charge in [0, 0.05) is 10.8 Å². The van der Waals surface area contributed by atoms with Crippen LogP contribution in [0.1, 0.15) is 35.5 Å². The van der Waals surface area contributed by atoms with Gasteiger partial charge in [0.25, 0.3) is 11.5 Å². The monoisotopic (exact) mass is 503 g/mol. The molecule has 0 atom stereocenters. The number of aromatic nitrogens is 4. The quantitative estimate of drug-likeness (QED) is 0.321. The number of nitrogens with one attached hydrogen (secondary N) is 1. The Hall–Kier alpha value is -4.82. The SMILES string of the molecule is Cc1c(-c2ccc(C(N)=O)c3[nH]c4cnc(C(C)(C)O)cc4c23)cccc1-n1cnc2ccccc2c1=O. The number of nitrogens with zero attached hydrogens (tertiary/aromatic N) is 3.